The van der Waals surface area contributed by atoms with Crippen LogP contribution in [0.4, 0.5) is 0 Å². The van der Waals surface area contributed by atoms with Crippen LogP contribution in [0.15, 0.2) is 70.1 Å². The van der Waals surface area contributed by atoms with Gasteiger partial charge in [0.15, 0.2) is 11.6 Å². The minimum atomic E-state index is -0.603. The van der Waals surface area contributed by atoms with Crippen LogP contribution < -0.4 is 20.4 Å². The zero-order chi connectivity index (χ0) is 33.0. The van der Waals surface area contributed by atoms with E-state index in [-0.39, 0.29) is 72.2 Å². The second kappa shape index (κ2) is 22.9. The molecule has 1 heterocycles. The number of rotatable bonds is 7. The summed E-state index contributed by atoms with van der Waals surface area (Å²) >= 11 is 0. The van der Waals surface area contributed by atoms with Crippen molar-refractivity contribution in [1.29, 1.82) is 0 Å². The molecule has 2 aromatic carbocycles. The molecule has 0 bridgehead atoms. The Morgan fingerprint density at radius 3 is 1.55 bits per heavy atom. The molecule has 11 nitrogen and oxygen atoms in total. The Labute approximate surface area is 282 Å². The maximum atomic E-state index is 11.7. The summed E-state index contributed by atoms with van der Waals surface area (Å²) in [5.41, 5.74) is -0.0136. The first-order valence-electron chi connectivity index (χ1n) is 13.4. The summed E-state index contributed by atoms with van der Waals surface area (Å²) in [4.78, 5) is 28.5. The van der Waals surface area contributed by atoms with Crippen LogP contribution >= 0.6 is 0 Å². The fourth-order valence-corrected chi connectivity index (χ4v) is 3.02. The second-order valence-corrected chi connectivity index (χ2v) is 9.98. The van der Waals surface area contributed by atoms with Gasteiger partial charge in [-0.15, -0.1) is 11.5 Å². The van der Waals surface area contributed by atoms with Crippen LogP contribution in [0.25, 0.3) is 0 Å². The summed E-state index contributed by atoms with van der Waals surface area (Å²) in [6, 6.07) is 8.92. The smallest absolute Gasteiger partial charge is 0.876 e. The third-order valence-corrected chi connectivity index (χ3v) is 4.95. The first-order chi connectivity index (χ1) is 20.1. The van der Waals surface area contributed by atoms with Crippen molar-refractivity contribution >= 4 is 24.0 Å². The zero-order valence-corrected chi connectivity index (χ0v) is 30.1. The van der Waals surface area contributed by atoms with Crippen molar-refractivity contribution in [3.8, 4) is 23.0 Å². The van der Waals surface area contributed by atoms with Crippen molar-refractivity contribution in [1.82, 2.24) is 0 Å². The number of ketones is 2. The molecule has 0 amide bonds. The van der Waals surface area contributed by atoms with Crippen LogP contribution in [-0.2, 0) is 14.3 Å². The number of para-hydroxylation sites is 2. The van der Waals surface area contributed by atoms with Crippen molar-refractivity contribution in [2.75, 3.05) is 19.8 Å². The minimum absolute atomic E-state index is 0. The molecule has 0 spiro atoms. The number of ether oxygens (including phenoxy) is 1. The quantitative estimate of drug-likeness (QED) is 0.238. The van der Waals surface area contributed by atoms with Gasteiger partial charge in [-0.05, 0) is 75.9 Å². The summed E-state index contributed by atoms with van der Waals surface area (Å²) < 4.78 is 4.94. The number of aromatic hydroxyl groups is 2. The number of benzene rings is 2. The fraction of sp³-hybridized carbons (Fsp3) is 0.375. The van der Waals surface area contributed by atoms with E-state index in [1.54, 1.807) is 24.3 Å². The fourth-order valence-electron chi connectivity index (χ4n) is 3.02. The molecule has 0 saturated carbocycles. The zero-order valence-electron chi connectivity index (χ0n) is 26.0. The van der Waals surface area contributed by atoms with Crippen molar-refractivity contribution in [3.05, 3.63) is 71.2 Å². The Morgan fingerprint density at radius 2 is 1.23 bits per heavy atom. The van der Waals surface area contributed by atoms with Gasteiger partial charge < -0.3 is 35.4 Å². The third-order valence-electron chi connectivity index (χ3n) is 4.95. The van der Waals surface area contributed by atoms with Crippen molar-refractivity contribution in [3.63, 3.8) is 0 Å². The number of allylic oxidation sites excluding steroid dienone is 4. The molecule has 0 aliphatic carbocycles. The number of phenols is 2. The molecular weight excluding hydrogens is 794 g/mol. The van der Waals surface area contributed by atoms with Crippen molar-refractivity contribution in [2.45, 2.75) is 59.9 Å². The van der Waals surface area contributed by atoms with Crippen LogP contribution in [0.5, 0.6) is 23.0 Å². The number of hydrogen-bond donors (Lipinski definition) is 2. The SMILES string of the molecule is C1CCOC1.CC(=O)/C=C(/C)[O-].CC(=O)/C=C(/C)[O-].CC(C)(CN=Cc1cccc(O)c1[O-])N=Cc1cccc(O)c1[O-].[U+4]. The normalized spacial score (nSPS) is 13.0. The number of phenolic OH excluding ortho intramolecular Hbond substituents is 2. The van der Waals surface area contributed by atoms with Gasteiger partial charge in [-0.3, -0.25) is 19.6 Å². The molecular formula is C32H40N2O9U. The molecule has 0 atom stereocenters. The average Bonchev–Trinajstić information content (AvgIpc) is 3.47. The van der Waals surface area contributed by atoms with Gasteiger partial charge in [-0.25, -0.2) is 0 Å². The van der Waals surface area contributed by atoms with Crippen molar-refractivity contribution < 1.29 is 76.1 Å². The molecule has 1 saturated heterocycles. The van der Waals surface area contributed by atoms with E-state index in [1.165, 1.54) is 65.1 Å². The van der Waals surface area contributed by atoms with Crippen LogP contribution in [-0.4, -0.2) is 59.5 Å². The molecule has 3 rings (SSSR count). The van der Waals surface area contributed by atoms with E-state index in [0.717, 1.165) is 25.4 Å². The number of carbonyl (C=O) groups is 2. The standard InChI is InChI=1S/C18H20N2O4.2C5H8O2.C4H8O.U/c1-18(2,20-10-13-6-4-8-15(22)17(13)24)11-19-9-12-5-3-7-14(21)16(12)23;2*1-4(6)3-5(2)7;1-2-4-5-3-1;/h3-10,21-24H,11H2,1-2H3;2*3,6H,1-2H3;1-4H2;/q;;;;+4/p-4/b;2*4-3-;;. The summed E-state index contributed by atoms with van der Waals surface area (Å²) in [7, 11) is 0. The molecule has 1 aliphatic heterocycles. The largest absolute Gasteiger partial charge is 4.00 e. The second-order valence-electron chi connectivity index (χ2n) is 9.98. The molecule has 2 aromatic rings. The Balaban J connectivity index is 0. The van der Waals surface area contributed by atoms with Crippen molar-refractivity contribution in [2.24, 2.45) is 9.98 Å². The predicted molar refractivity (Wildman–Crippen MR) is 158 cm³/mol. The molecule has 44 heavy (non-hydrogen) atoms. The first kappa shape index (κ1) is 42.5. The van der Waals surface area contributed by atoms with Gasteiger partial charge in [-0.1, -0.05) is 49.6 Å². The topological polar surface area (TPSA) is 201 Å². The minimum Gasteiger partial charge on any atom is -0.876 e. The van der Waals surface area contributed by atoms with Crippen LogP contribution in [0.1, 0.15) is 65.5 Å². The van der Waals surface area contributed by atoms with Gasteiger partial charge >= 0.3 is 31.1 Å². The van der Waals surface area contributed by atoms with E-state index in [1.807, 2.05) is 13.8 Å². The molecule has 0 radical (unpaired) electrons. The summed E-state index contributed by atoms with van der Waals surface area (Å²) in [5.74, 6) is -2.33. The van der Waals surface area contributed by atoms with E-state index >= 15 is 0 Å². The van der Waals surface area contributed by atoms with Gasteiger partial charge in [0, 0.05) is 25.6 Å². The van der Waals surface area contributed by atoms with E-state index < -0.39 is 17.0 Å². The van der Waals surface area contributed by atoms with E-state index in [0.29, 0.717) is 11.1 Å². The monoisotopic (exact) mass is 834 g/mol. The van der Waals surface area contributed by atoms with E-state index in [2.05, 4.69) is 9.98 Å². The Bertz CT molecular complexity index is 1260. The van der Waals surface area contributed by atoms with Crippen LogP contribution in [0, 0.1) is 31.1 Å². The van der Waals surface area contributed by atoms with Crippen LogP contribution in [0.2, 0.25) is 0 Å². The number of hydrogen-bond acceptors (Lipinski definition) is 11. The average molecular weight is 835 g/mol. The Hall–Kier alpha value is -3.59. The van der Waals surface area contributed by atoms with Gasteiger partial charge in [-0.2, -0.15) is 0 Å². The van der Waals surface area contributed by atoms with Crippen LogP contribution in [0.3, 0.4) is 0 Å². The molecule has 0 unspecified atom stereocenters. The molecule has 12 heteroatoms. The first-order valence-corrected chi connectivity index (χ1v) is 13.4. The van der Waals surface area contributed by atoms with Gasteiger partial charge in [0.25, 0.3) is 0 Å². The van der Waals surface area contributed by atoms with E-state index in [4.69, 9.17) is 4.74 Å². The van der Waals surface area contributed by atoms with Gasteiger partial charge in [0.2, 0.25) is 0 Å². The Kier molecular flexibility index (Phi) is 22.1. The number of nitrogens with zero attached hydrogens (tertiary/aromatic N) is 2. The van der Waals surface area contributed by atoms with E-state index in [9.17, 15) is 40.2 Å². The summed E-state index contributed by atoms with van der Waals surface area (Å²) in [6.07, 6.45) is 7.47. The molecule has 1 aliphatic rings. The predicted octanol–water partition coefficient (Wildman–Crippen LogP) is 2.04. The third kappa shape index (κ3) is 21.2. The maximum Gasteiger partial charge on any atom is 4.00 e. The summed E-state index contributed by atoms with van der Waals surface area (Å²) in [6.45, 7) is 11.3. The number of aliphatic imine (C=N–C) groups is 2. The molecule has 236 valence electrons. The molecule has 0 aromatic heterocycles. The number of carbonyl (C=O) groups excluding carboxylic acids is 2. The molecule has 1 fully saturated rings. The van der Waals surface area contributed by atoms with Gasteiger partial charge in [0.1, 0.15) is 11.5 Å². The Morgan fingerprint density at radius 1 is 0.818 bits per heavy atom. The van der Waals surface area contributed by atoms with Gasteiger partial charge in [0.05, 0.1) is 12.1 Å². The maximum absolute atomic E-state index is 11.7. The molecule has 2 N–H and O–H groups in total. The summed E-state index contributed by atoms with van der Waals surface area (Å²) in [5, 5.41) is 62.1.